The molecule has 1 N–H and O–H groups in total. The number of carbonyl (C=O) groups excluding carboxylic acids is 1. The van der Waals surface area contributed by atoms with Crippen LogP contribution < -0.4 is 4.74 Å². The maximum Gasteiger partial charge on any atom is 0.328 e. The smallest absolute Gasteiger partial charge is 0.328 e. The molecule has 2 rings (SSSR count). The number of carboxylic acids is 1. The lowest BCUT2D eigenvalue weighted by atomic mass is 10.1. The van der Waals surface area contributed by atoms with Crippen LogP contribution in [0.3, 0.4) is 0 Å². The van der Waals surface area contributed by atoms with Gasteiger partial charge in [0.25, 0.3) is 0 Å². The number of amides is 1. The lowest BCUT2D eigenvalue weighted by Gasteiger charge is -2.26. The molecule has 5 heteroatoms. The fraction of sp³-hybridized carbons (Fsp3) is 0.375. The molecular formula is C16H19NO4. The van der Waals surface area contributed by atoms with E-state index in [1.807, 2.05) is 4.90 Å². The van der Waals surface area contributed by atoms with Crippen LogP contribution in [0.25, 0.3) is 6.08 Å². The van der Waals surface area contributed by atoms with Gasteiger partial charge in [-0.25, -0.2) is 4.79 Å². The molecule has 1 aromatic rings. The van der Waals surface area contributed by atoms with Gasteiger partial charge in [0.15, 0.2) is 0 Å². The Morgan fingerprint density at radius 2 is 2.05 bits per heavy atom. The highest BCUT2D eigenvalue weighted by molar-refractivity contribution is 5.85. The average molecular weight is 289 g/mol. The van der Waals surface area contributed by atoms with Crippen LogP contribution in [0.4, 0.5) is 0 Å². The summed E-state index contributed by atoms with van der Waals surface area (Å²) < 4.78 is 5.60. The largest absolute Gasteiger partial charge is 0.492 e. The Kier molecular flexibility index (Phi) is 5.37. The summed E-state index contributed by atoms with van der Waals surface area (Å²) in [4.78, 5) is 23.9. The third-order valence-electron chi connectivity index (χ3n) is 3.35. The van der Waals surface area contributed by atoms with Crippen LogP contribution >= 0.6 is 0 Å². The van der Waals surface area contributed by atoms with E-state index in [0.29, 0.717) is 25.3 Å². The Morgan fingerprint density at radius 1 is 1.29 bits per heavy atom. The van der Waals surface area contributed by atoms with Gasteiger partial charge in [0.05, 0.1) is 6.54 Å². The van der Waals surface area contributed by atoms with Crippen molar-refractivity contribution in [2.45, 2.75) is 19.3 Å². The molecule has 1 saturated heterocycles. The van der Waals surface area contributed by atoms with E-state index < -0.39 is 5.97 Å². The van der Waals surface area contributed by atoms with E-state index in [0.717, 1.165) is 31.0 Å². The normalized spacial score (nSPS) is 15.4. The predicted octanol–water partition coefficient (Wildman–Crippen LogP) is 2.18. The van der Waals surface area contributed by atoms with Crippen molar-refractivity contribution in [1.82, 2.24) is 4.90 Å². The molecule has 0 atom stereocenters. The minimum atomic E-state index is -0.971. The molecule has 1 aliphatic heterocycles. The summed E-state index contributed by atoms with van der Waals surface area (Å²) in [5.74, 6) is -0.0486. The molecule has 1 heterocycles. The second-order valence-electron chi connectivity index (χ2n) is 4.93. The molecule has 1 aromatic carbocycles. The lowest BCUT2D eigenvalue weighted by molar-refractivity contribution is -0.133. The fourth-order valence-corrected chi connectivity index (χ4v) is 2.21. The fourth-order valence-electron chi connectivity index (χ4n) is 2.21. The molecule has 0 aromatic heterocycles. The van der Waals surface area contributed by atoms with Gasteiger partial charge in [-0.1, -0.05) is 12.1 Å². The summed E-state index contributed by atoms with van der Waals surface area (Å²) in [7, 11) is 0. The second-order valence-corrected chi connectivity index (χ2v) is 4.93. The Balaban J connectivity index is 1.78. The number of rotatable bonds is 6. The number of likely N-dealkylation sites (tertiary alicyclic amines) is 1. The standard InChI is InChI=1S/C16H19NO4/c18-15-3-1-2-10-17(15)11-12-21-14-7-4-13(5-8-14)6-9-16(19)20/h4-9H,1-3,10-12H2,(H,19,20). The van der Waals surface area contributed by atoms with Crippen LogP contribution in [0.15, 0.2) is 30.3 Å². The minimum Gasteiger partial charge on any atom is -0.492 e. The van der Waals surface area contributed by atoms with Crippen LogP contribution in [-0.2, 0) is 9.59 Å². The third kappa shape index (κ3) is 4.95. The van der Waals surface area contributed by atoms with E-state index in [1.165, 1.54) is 6.08 Å². The van der Waals surface area contributed by atoms with Gasteiger partial charge in [-0.2, -0.15) is 0 Å². The first-order valence-electron chi connectivity index (χ1n) is 7.07. The molecule has 21 heavy (non-hydrogen) atoms. The SMILES string of the molecule is O=C(O)C=Cc1ccc(OCCN2CCCCC2=O)cc1. The third-order valence-corrected chi connectivity index (χ3v) is 3.35. The van der Waals surface area contributed by atoms with Gasteiger partial charge >= 0.3 is 5.97 Å². The van der Waals surface area contributed by atoms with E-state index in [1.54, 1.807) is 24.3 Å². The highest BCUT2D eigenvalue weighted by atomic mass is 16.5. The van der Waals surface area contributed by atoms with Crippen molar-refractivity contribution in [2.75, 3.05) is 19.7 Å². The first-order valence-corrected chi connectivity index (χ1v) is 7.07. The van der Waals surface area contributed by atoms with Crippen molar-refractivity contribution in [3.63, 3.8) is 0 Å². The molecule has 112 valence electrons. The van der Waals surface area contributed by atoms with Gasteiger partial charge in [-0.15, -0.1) is 0 Å². The molecule has 0 unspecified atom stereocenters. The first kappa shape index (κ1) is 15.1. The Morgan fingerprint density at radius 3 is 2.71 bits per heavy atom. The average Bonchev–Trinajstić information content (AvgIpc) is 2.48. The zero-order valence-electron chi connectivity index (χ0n) is 11.8. The van der Waals surface area contributed by atoms with Gasteiger partial charge < -0.3 is 14.7 Å². The molecule has 0 saturated carbocycles. The number of benzene rings is 1. The molecule has 1 aliphatic rings. The number of carbonyl (C=O) groups is 2. The number of hydrogen-bond acceptors (Lipinski definition) is 3. The van der Waals surface area contributed by atoms with Crippen molar-refractivity contribution in [2.24, 2.45) is 0 Å². The number of carboxylic acid groups (broad SMARTS) is 1. The molecule has 0 spiro atoms. The number of aliphatic carboxylic acids is 1. The van der Waals surface area contributed by atoms with Crippen LogP contribution in [0, 0.1) is 0 Å². The highest BCUT2D eigenvalue weighted by Crippen LogP contribution is 2.14. The van der Waals surface area contributed by atoms with Crippen molar-refractivity contribution in [3.8, 4) is 5.75 Å². The quantitative estimate of drug-likeness (QED) is 0.815. The van der Waals surface area contributed by atoms with Gasteiger partial charge in [-0.3, -0.25) is 4.79 Å². The van der Waals surface area contributed by atoms with Crippen molar-refractivity contribution >= 4 is 18.0 Å². The van der Waals surface area contributed by atoms with Crippen LogP contribution in [-0.4, -0.2) is 41.6 Å². The zero-order valence-corrected chi connectivity index (χ0v) is 11.8. The summed E-state index contributed by atoms with van der Waals surface area (Å²) >= 11 is 0. The minimum absolute atomic E-state index is 0.207. The van der Waals surface area contributed by atoms with Gasteiger partial charge in [-0.05, 0) is 36.6 Å². The highest BCUT2D eigenvalue weighted by Gasteiger charge is 2.17. The maximum atomic E-state index is 11.6. The van der Waals surface area contributed by atoms with Crippen molar-refractivity contribution in [3.05, 3.63) is 35.9 Å². The van der Waals surface area contributed by atoms with Gasteiger partial charge in [0.1, 0.15) is 12.4 Å². The molecule has 1 fully saturated rings. The van der Waals surface area contributed by atoms with E-state index in [9.17, 15) is 9.59 Å². The number of piperidine rings is 1. The predicted molar refractivity (Wildman–Crippen MR) is 79.0 cm³/mol. The van der Waals surface area contributed by atoms with E-state index in [2.05, 4.69) is 0 Å². The molecule has 1 amide bonds. The van der Waals surface area contributed by atoms with Gasteiger partial charge in [0.2, 0.25) is 5.91 Å². The number of nitrogens with zero attached hydrogens (tertiary/aromatic N) is 1. The summed E-state index contributed by atoms with van der Waals surface area (Å²) in [6.07, 6.45) is 5.32. The Hall–Kier alpha value is -2.30. The molecular weight excluding hydrogens is 270 g/mol. The summed E-state index contributed by atoms with van der Waals surface area (Å²) in [5.41, 5.74) is 0.802. The monoisotopic (exact) mass is 289 g/mol. The van der Waals surface area contributed by atoms with E-state index in [4.69, 9.17) is 9.84 Å². The maximum absolute atomic E-state index is 11.6. The molecule has 0 aliphatic carbocycles. The first-order chi connectivity index (χ1) is 10.1. The van der Waals surface area contributed by atoms with Crippen LogP contribution in [0.2, 0.25) is 0 Å². The Bertz CT molecular complexity index is 522. The molecule has 0 bridgehead atoms. The van der Waals surface area contributed by atoms with Gasteiger partial charge in [0, 0.05) is 19.0 Å². The molecule has 0 radical (unpaired) electrons. The lowest BCUT2D eigenvalue weighted by Crippen LogP contribution is -2.38. The van der Waals surface area contributed by atoms with E-state index >= 15 is 0 Å². The summed E-state index contributed by atoms with van der Waals surface area (Å²) in [6.45, 7) is 1.90. The zero-order chi connectivity index (χ0) is 15.1. The Labute approximate surface area is 123 Å². The topological polar surface area (TPSA) is 66.8 Å². The number of ether oxygens (including phenoxy) is 1. The van der Waals surface area contributed by atoms with Crippen molar-refractivity contribution in [1.29, 1.82) is 0 Å². The van der Waals surface area contributed by atoms with Crippen LogP contribution in [0.5, 0.6) is 5.75 Å². The second kappa shape index (κ2) is 7.47. The van der Waals surface area contributed by atoms with Crippen LogP contribution in [0.1, 0.15) is 24.8 Å². The van der Waals surface area contributed by atoms with Crippen molar-refractivity contribution < 1.29 is 19.4 Å². The van der Waals surface area contributed by atoms with E-state index in [-0.39, 0.29) is 5.91 Å². The number of hydrogen-bond donors (Lipinski definition) is 1. The summed E-state index contributed by atoms with van der Waals surface area (Å²) in [5, 5.41) is 8.55. The summed E-state index contributed by atoms with van der Waals surface area (Å²) in [6, 6.07) is 7.17. The molecule has 5 nitrogen and oxygen atoms in total.